The molecule has 1 aliphatic heterocycles. The van der Waals surface area contributed by atoms with Crippen molar-refractivity contribution < 1.29 is 23.9 Å². The van der Waals surface area contributed by atoms with Gasteiger partial charge in [0.1, 0.15) is 5.75 Å². The van der Waals surface area contributed by atoms with Crippen molar-refractivity contribution in [2.45, 2.75) is 6.92 Å². The van der Waals surface area contributed by atoms with Gasteiger partial charge in [-0.2, -0.15) is 0 Å². The lowest BCUT2D eigenvalue weighted by molar-refractivity contribution is -0.122. The van der Waals surface area contributed by atoms with Crippen molar-refractivity contribution in [3.63, 3.8) is 0 Å². The maximum atomic E-state index is 12.9. The van der Waals surface area contributed by atoms with Gasteiger partial charge in [0.05, 0.1) is 23.3 Å². The number of esters is 1. The van der Waals surface area contributed by atoms with Crippen LogP contribution in [0.5, 0.6) is 5.75 Å². The van der Waals surface area contributed by atoms with E-state index < -0.39 is 11.9 Å². The Kier molecular flexibility index (Phi) is 7.09. The van der Waals surface area contributed by atoms with Crippen LogP contribution in [-0.2, 0) is 14.3 Å². The molecule has 0 bridgehead atoms. The highest BCUT2D eigenvalue weighted by molar-refractivity contribution is 8.18. The summed E-state index contributed by atoms with van der Waals surface area (Å²) >= 11 is 1.24. The molecule has 0 spiro atoms. The number of carbonyl (C=O) groups is 3. The molecule has 2 aromatic rings. The summed E-state index contributed by atoms with van der Waals surface area (Å²) in [7, 11) is 1.32. The molecule has 1 heterocycles. The number of nitrogens with two attached hydrogens (primary N) is 1. The summed E-state index contributed by atoms with van der Waals surface area (Å²) in [6.07, 6.45) is 1.74. The Labute approximate surface area is 183 Å². The number of hydrogen-bond donors (Lipinski definition) is 1. The molecule has 9 heteroatoms. The SMILES string of the molecule is CCN1C(=O)C(=Cc2cccc(OCC(N)=O)c2)SC1=Nc1cccc(C(=O)OC)c1. The smallest absolute Gasteiger partial charge is 0.337 e. The van der Waals surface area contributed by atoms with E-state index in [1.807, 2.05) is 13.0 Å². The number of aliphatic imine (C=N–C) groups is 1. The molecule has 160 valence electrons. The molecule has 0 radical (unpaired) electrons. The lowest BCUT2D eigenvalue weighted by Gasteiger charge is -2.12. The zero-order chi connectivity index (χ0) is 22.4. The van der Waals surface area contributed by atoms with Gasteiger partial charge >= 0.3 is 5.97 Å². The van der Waals surface area contributed by atoms with E-state index >= 15 is 0 Å². The third-order valence-corrected chi connectivity index (χ3v) is 5.24. The molecule has 1 fully saturated rings. The molecule has 0 aromatic heterocycles. The predicted molar refractivity (Wildman–Crippen MR) is 119 cm³/mol. The Morgan fingerprint density at radius 3 is 2.68 bits per heavy atom. The van der Waals surface area contributed by atoms with Gasteiger partial charge in [-0.15, -0.1) is 0 Å². The number of methoxy groups -OCH3 is 1. The van der Waals surface area contributed by atoms with Crippen LogP contribution in [0.1, 0.15) is 22.8 Å². The normalized spacial score (nSPS) is 16.1. The van der Waals surface area contributed by atoms with Crippen molar-refractivity contribution >= 4 is 46.5 Å². The minimum Gasteiger partial charge on any atom is -0.484 e. The molecule has 0 atom stereocenters. The van der Waals surface area contributed by atoms with Crippen LogP contribution in [0.2, 0.25) is 0 Å². The second kappa shape index (κ2) is 9.94. The number of amides is 2. The van der Waals surface area contributed by atoms with Crippen LogP contribution >= 0.6 is 11.8 Å². The van der Waals surface area contributed by atoms with Crippen LogP contribution < -0.4 is 10.5 Å². The first kappa shape index (κ1) is 22.1. The highest BCUT2D eigenvalue weighted by Crippen LogP contribution is 2.34. The standard InChI is InChI=1S/C22H21N3O5S/c1-3-25-20(27)18(11-14-6-4-9-17(10-14)30-13-19(23)26)31-22(25)24-16-8-5-7-15(12-16)21(28)29-2/h4-12H,3,13H2,1-2H3,(H2,23,26). The molecule has 31 heavy (non-hydrogen) atoms. The van der Waals surface area contributed by atoms with Crippen LogP contribution in [-0.4, -0.2) is 48.1 Å². The van der Waals surface area contributed by atoms with Crippen LogP contribution in [0.4, 0.5) is 5.69 Å². The first-order valence-corrected chi connectivity index (χ1v) is 10.2. The van der Waals surface area contributed by atoms with E-state index in [9.17, 15) is 14.4 Å². The summed E-state index contributed by atoms with van der Waals surface area (Å²) in [4.78, 5) is 42.1. The summed E-state index contributed by atoms with van der Waals surface area (Å²) in [5, 5.41) is 0.516. The molecule has 2 N–H and O–H groups in total. The van der Waals surface area contributed by atoms with Crippen molar-refractivity contribution in [2.24, 2.45) is 10.7 Å². The second-order valence-electron chi connectivity index (χ2n) is 6.42. The van der Waals surface area contributed by atoms with E-state index in [4.69, 9.17) is 15.2 Å². The third kappa shape index (κ3) is 5.52. The van der Waals surface area contributed by atoms with Gasteiger partial charge in [0.15, 0.2) is 11.8 Å². The van der Waals surface area contributed by atoms with Crippen LogP contribution in [0.15, 0.2) is 58.4 Å². The van der Waals surface area contributed by atoms with Gasteiger partial charge in [-0.05, 0) is 60.7 Å². The summed E-state index contributed by atoms with van der Waals surface area (Å²) in [6, 6.07) is 13.7. The van der Waals surface area contributed by atoms with E-state index in [2.05, 4.69) is 4.99 Å². The molecule has 1 saturated heterocycles. The Morgan fingerprint density at radius 2 is 1.97 bits per heavy atom. The van der Waals surface area contributed by atoms with Crippen molar-refractivity contribution in [1.29, 1.82) is 0 Å². The zero-order valence-corrected chi connectivity index (χ0v) is 17.8. The van der Waals surface area contributed by atoms with Crippen LogP contribution in [0, 0.1) is 0 Å². The van der Waals surface area contributed by atoms with Crippen molar-refractivity contribution in [3.8, 4) is 5.75 Å². The molecular formula is C22H21N3O5S. The highest BCUT2D eigenvalue weighted by Gasteiger charge is 2.32. The molecule has 3 rings (SSSR count). The van der Waals surface area contributed by atoms with E-state index in [-0.39, 0.29) is 12.5 Å². The monoisotopic (exact) mass is 439 g/mol. The average molecular weight is 439 g/mol. The summed E-state index contributed by atoms with van der Waals surface area (Å²) in [5.41, 5.74) is 6.76. The average Bonchev–Trinajstić information content (AvgIpc) is 3.05. The van der Waals surface area contributed by atoms with Crippen molar-refractivity contribution in [3.05, 3.63) is 64.6 Å². The predicted octanol–water partition coefficient (Wildman–Crippen LogP) is 2.96. The molecule has 1 aliphatic rings. The summed E-state index contributed by atoms with van der Waals surface area (Å²) in [5.74, 6) is -0.715. The van der Waals surface area contributed by atoms with E-state index in [0.717, 1.165) is 5.56 Å². The third-order valence-electron chi connectivity index (χ3n) is 4.23. The minimum absolute atomic E-state index is 0.168. The number of rotatable bonds is 7. The van der Waals surface area contributed by atoms with Crippen LogP contribution in [0.3, 0.4) is 0 Å². The van der Waals surface area contributed by atoms with Gasteiger partial charge in [-0.1, -0.05) is 18.2 Å². The summed E-state index contributed by atoms with van der Waals surface area (Å²) in [6.45, 7) is 2.08. The number of carbonyl (C=O) groups excluding carboxylic acids is 3. The largest absolute Gasteiger partial charge is 0.484 e. The fraction of sp³-hybridized carbons (Fsp3) is 0.182. The van der Waals surface area contributed by atoms with Gasteiger partial charge in [0.2, 0.25) is 0 Å². The van der Waals surface area contributed by atoms with Crippen molar-refractivity contribution in [2.75, 3.05) is 20.3 Å². The molecule has 0 saturated carbocycles. The maximum Gasteiger partial charge on any atom is 0.337 e. The van der Waals surface area contributed by atoms with E-state index in [0.29, 0.717) is 33.6 Å². The topological polar surface area (TPSA) is 111 Å². The molecule has 0 unspecified atom stereocenters. The maximum absolute atomic E-state index is 12.9. The second-order valence-corrected chi connectivity index (χ2v) is 7.43. The van der Waals surface area contributed by atoms with Gasteiger partial charge < -0.3 is 15.2 Å². The molecule has 8 nitrogen and oxygen atoms in total. The fourth-order valence-electron chi connectivity index (χ4n) is 2.80. The van der Waals surface area contributed by atoms with E-state index in [1.54, 1.807) is 53.4 Å². The lowest BCUT2D eigenvalue weighted by atomic mass is 10.2. The number of thioether (sulfide) groups is 1. The van der Waals surface area contributed by atoms with Gasteiger partial charge in [0, 0.05) is 6.54 Å². The Hall–Kier alpha value is -3.59. The summed E-state index contributed by atoms with van der Waals surface area (Å²) < 4.78 is 10.1. The van der Waals surface area contributed by atoms with Gasteiger partial charge in [-0.3, -0.25) is 14.5 Å². The minimum atomic E-state index is -0.569. The number of benzene rings is 2. The molecular weight excluding hydrogens is 418 g/mol. The molecule has 0 aliphatic carbocycles. The lowest BCUT2D eigenvalue weighted by Crippen LogP contribution is -2.28. The zero-order valence-electron chi connectivity index (χ0n) is 17.0. The number of ether oxygens (including phenoxy) is 2. The number of amidine groups is 1. The Morgan fingerprint density at radius 1 is 1.19 bits per heavy atom. The molecule has 2 amide bonds. The first-order valence-electron chi connectivity index (χ1n) is 9.41. The Bertz CT molecular complexity index is 1080. The Balaban J connectivity index is 1.86. The number of primary amides is 1. The highest BCUT2D eigenvalue weighted by atomic mass is 32.2. The van der Waals surface area contributed by atoms with Gasteiger partial charge in [-0.25, -0.2) is 9.79 Å². The quantitative estimate of drug-likeness (QED) is 0.524. The van der Waals surface area contributed by atoms with Gasteiger partial charge in [0.25, 0.3) is 11.8 Å². The number of hydrogen-bond acceptors (Lipinski definition) is 7. The number of nitrogens with zero attached hydrogens (tertiary/aromatic N) is 2. The van der Waals surface area contributed by atoms with Crippen molar-refractivity contribution in [1.82, 2.24) is 4.90 Å². The number of likely N-dealkylation sites (N-methyl/N-ethyl adjacent to an activating group) is 1. The fourth-order valence-corrected chi connectivity index (χ4v) is 3.86. The van der Waals surface area contributed by atoms with Crippen LogP contribution in [0.25, 0.3) is 6.08 Å². The van der Waals surface area contributed by atoms with E-state index in [1.165, 1.54) is 18.9 Å². The molecule has 2 aromatic carbocycles. The first-order chi connectivity index (χ1) is 14.9.